The summed E-state index contributed by atoms with van der Waals surface area (Å²) in [7, 11) is 0. The number of carbonyl (C=O) groups is 1. The molecule has 0 bridgehead atoms. The Morgan fingerprint density at radius 2 is 1.24 bits per heavy atom. The Balaban J connectivity index is 1.66. The zero-order valence-electron chi connectivity index (χ0n) is 14.3. The van der Waals surface area contributed by atoms with Crippen LogP contribution >= 0.6 is 0 Å². The highest BCUT2D eigenvalue weighted by atomic mass is 16.1. The van der Waals surface area contributed by atoms with Crippen LogP contribution < -0.4 is 5.32 Å². The van der Waals surface area contributed by atoms with Crippen molar-refractivity contribution in [3.63, 3.8) is 0 Å². The number of nitrogens with one attached hydrogen (secondary N) is 1. The van der Waals surface area contributed by atoms with E-state index in [-0.39, 0.29) is 11.9 Å². The Morgan fingerprint density at radius 1 is 0.720 bits per heavy atom. The lowest BCUT2D eigenvalue weighted by atomic mass is 9.98. The minimum Gasteiger partial charge on any atom is -0.349 e. The van der Waals surface area contributed by atoms with E-state index in [1.54, 1.807) is 0 Å². The smallest absolute Gasteiger partial charge is 0.220 e. The number of rotatable bonds is 7. The first-order valence-corrected chi connectivity index (χ1v) is 8.73. The predicted octanol–water partition coefficient (Wildman–Crippen LogP) is 4.72. The first-order chi connectivity index (χ1) is 12.3. The van der Waals surface area contributed by atoms with E-state index in [9.17, 15) is 4.79 Å². The number of benzene rings is 3. The molecule has 0 heterocycles. The second-order valence-corrected chi connectivity index (χ2v) is 6.21. The highest BCUT2D eigenvalue weighted by Gasteiger charge is 2.15. The second kappa shape index (κ2) is 8.84. The Hall–Kier alpha value is -2.87. The van der Waals surface area contributed by atoms with Crippen LogP contribution in [-0.4, -0.2) is 5.91 Å². The van der Waals surface area contributed by atoms with Gasteiger partial charge >= 0.3 is 0 Å². The molecule has 0 fully saturated rings. The molecule has 0 saturated carbocycles. The molecule has 0 aliphatic rings. The van der Waals surface area contributed by atoms with E-state index in [2.05, 4.69) is 41.7 Å². The van der Waals surface area contributed by atoms with Crippen molar-refractivity contribution in [2.45, 2.75) is 25.3 Å². The predicted molar refractivity (Wildman–Crippen MR) is 102 cm³/mol. The molecular formula is C23H23NO. The molecule has 126 valence electrons. The summed E-state index contributed by atoms with van der Waals surface area (Å²) in [6, 6.07) is 30.6. The lowest BCUT2D eigenvalue weighted by Crippen LogP contribution is -2.30. The minimum absolute atomic E-state index is 0.00752. The third kappa shape index (κ3) is 5.32. The number of carbonyl (C=O) groups excluding carboxylic acids is 1. The van der Waals surface area contributed by atoms with Gasteiger partial charge < -0.3 is 5.32 Å². The molecule has 1 unspecified atom stereocenters. The van der Waals surface area contributed by atoms with Gasteiger partial charge in [-0.3, -0.25) is 4.79 Å². The van der Waals surface area contributed by atoms with Gasteiger partial charge in [0.05, 0.1) is 6.04 Å². The van der Waals surface area contributed by atoms with Crippen LogP contribution in [0.1, 0.15) is 29.2 Å². The largest absolute Gasteiger partial charge is 0.349 e. The van der Waals surface area contributed by atoms with Gasteiger partial charge in [0.15, 0.2) is 0 Å². The summed E-state index contributed by atoms with van der Waals surface area (Å²) in [5.41, 5.74) is 3.55. The van der Waals surface area contributed by atoms with Gasteiger partial charge in [0.2, 0.25) is 5.91 Å². The lowest BCUT2D eigenvalue weighted by molar-refractivity contribution is -0.121. The zero-order chi connectivity index (χ0) is 17.3. The maximum atomic E-state index is 12.5. The Labute approximate surface area is 149 Å². The van der Waals surface area contributed by atoms with Gasteiger partial charge in [0, 0.05) is 6.42 Å². The van der Waals surface area contributed by atoms with Crippen LogP contribution in [0.2, 0.25) is 0 Å². The molecule has 0 saturated heterocycles. The highest BCUT2D eigenvalue weighted by Crippen LogP contribution is 2.18. The van der Waals surface area contributed by atoms with Crippen LogP contribution in [-0.2, 0) is 17.6 Å². The Kier molecular flexibility index (Phi) is 6.00. The van der Waals surface area contributed by atoms with Gasteiger partial charge in [-0.2, -0.15) is 0 Å². The number of amides is 1. The maximum Gasteiger partial charge on any atom is 0.220 e. The van der Waals surface area contributed by atoms with Crippen molar-refractivity contribution >= 4 is 5.91 Å². The fourth-order valence-corrected chi connectivity index (χ4v) is 2.96. The van der Waals surface area contributed by atoms with E-state index >= 15 is 0 Å². The molecule has 2 nitrogen and oxygen atoms in total. The molecule has 2 heteroatoms. The van der Waals surface area contributed by atoms with Gasteiger partial charge in [-0.15, -0.1) is 0 Å². The topological polar surface area (TPSA) is 29.1 Å². The molecule has 0 radical (unpaired) electrons. The van der Waals surface area contributed by atoms with Crippen LogP contribution in [0.15, 0.2) is 91.0 Å². The molecule has 0 aliphatic carbocycles. The molecule has 0 aliphatic heterocycles. The quantitative estimate of drug-likeness (QED) is 0.668. The van der Waals surface area contributed by atoms with Crippen LogP contribution in [0.3, 0.4) is 0 Å². The van der Waals surface area contributed by atoms with Crippen molar-refractivity contribution in [3.8, 4) is 0 Å². The van der Waals surface area contributed by atoms with Crippen LogP contribution in [0, 0.1) is 0 Å². The van der Waals surface area contributed by atoms with Gasteiger partial charge in [0.1, 0.15) is 0 Å². The zero-order valence-corrected chi connectivity index (χ0v) is 14.3. The average Bonchev–Trinajstić information content (AvgIpc) is 2.68. The third-order valence-corrected chi connectivity index (χ3v) is 4.30. The summed E-state index contributed by atoms with van der Waals surface area (Å²) in [6.45, 7) is 0. The molecular weight excluding hydrogens is 306 g/mol. The molecule has 25 heavy (non-hydrogen) atoms. The summed E-state index contributed by atoms with van der Waals surface area (Å²) in [6.07, 6.45) is 2.06. The van der Waals surface area contributed by atoms with E-state index < -0.39 is 0 Å². The maximum absolute atomic E-state index is 12.5. The van der Waals surface area contributed by atoms with Crippen molar-refractivity contribution in [2.75, 3.05) is 0 Å². The van der Waals surface area contributed by atoms with E-state index in [0.29, 0.717) is 6.42 Å². The lowest BCUT2D eigenvalue weighted by Gasteiger charge is -2.19. The van der Waals surface area contributed by atoms with Crippen LogP contribution in [0.4, 0.5) is 0 Å². The van der Waals surface area contributed by atoms with E-state index in [4.69, 9.17) is 0 Å². The van der Waals surface area contributed by atoms with Gasteiger partial charge in [0.25, 0.3) is 0 Å². The summed E-state index contributed by atoms with van der Waals surface area (Å²) in [4.78, 5) is 12.5. The molecule has 3 rings (SSSR count). The van der Waals surface area contributed by atoms with Gasteiger partial charge in [-0.1, -0.05) is 91.0 Å². The second-order valence-electron chi connectivity index (χ2n) is 6.21. The van der Waals surface area contributed by atoms with E-state index in [1.165, 1.54) is 11.1 Å². The van der Waals surface area contributed by atoms with Crippen molar-refractivity contribution < 1.29 is 4.79 Å². The average molecular weight is 329 g/mol. The summed E-state index contributed by atoms with van der Waals surface area (Å²) < 4.78 is 0. The van der Waals surface area contributed by atoms with E-state index in [1.807, 2.05) is 54.6 Å². The van der Waals surface area contributed by atoms with Crippen molar-refractivity contribution in [2.24, 2.45) is 0 Å². The van der Waals surface area contributed by atoms with Crippen LogP contribution in [0.5, 0.6) is 0 Å². The molecule has 1 N–H and O–H groups in total. The van der Waals surface area contributed by atoms with Crippen molar-refractivity contribution in [1.29, 1.82) is 0 Å². The fraction of sp³-hybridized carbons (Fsp3) is 0.174. The van der Waals surface area contributed by atoms with E-state index in [0.717, 1.165) is 18.4 Å². The van der Waals surface area contributed by atoms with Gasteiger partial charge in [-0.25, -0.2) is 0 Å². The minimum atomic E-state index is -0.00752. The summed E-state index contributed by atoms with van der Waals surface area (Å²) in [5, 5.41) is 3.21. The number of hydrogen-bond donors (Lipinski definition) is 1. The van der Waals surface area contributed by atoms with Crippen LogP contribution in [0.25, 0.3) is 0 Å². The third-order valence-electron chi connectivity index (χ3n) is 4.30. The molecule has 0 spiro atoms. The Bertz CT molecular complexity index is 769. The standard InChI is InChI=1S/C23H23NO/c25-23(17-16-19-10-4-1-5-11-19)24-22(21-14-8-3-9-15-21)18-20-12-6-2-7-13-20/h1-15,22H,16-18H2,(H,24,25). The van der Waals surface area contributed by atoms with Gasteiger partial charge in [-0.05, 0) is 29.5 Å². The molecule has 3 aromatic carbocycles. The number of hydrogen-bond acceptors (Lipinski definition) is 1. The Morgan fingerprint density at radius 3 is 1.84 bits per heavy atom. The molecule has 1 atom stereocenters. The molecule has 1 amide bonds. The monoisotopic (exact) mass is 329 g/mol. The SMILES string of the molecule is O=C(CCc1ccccc1)NC(Cc1ccccc1)c1ccccc1. The normalized spacial score (nSPS) is 11.7. The highest BCUT2D eigenvalue weighted by molar-refractivity contribution is 5.76. The first kappa shape index (κ1) is 17.0. The summed E-state index contributed by atoms with van der Waals surface area (Å²) >= 11 is 0. The number of aryl methyl sites for hydroxylation is 1. The molecule has 0 aromatic heterocycles. The summed E-state index contributed by atoms with van der Waals surface area (Å²) in [5.74, 6) is 0.0913. The van der Waals surface area contributed by atoms with Crippen molar-refractivity contribution in [1.82, 2.24) is 5.32 Å². The fourth-order valence-electron chi connectivity index (χ4n) is 2.96. The van der Waals surface area contributed by atoms with Crippen molar-refractivity contribution in [3.05, 3.63) is 108 Å². The first-order valence-electron chi connectivity index (χ1n) is 8.73. The molecule has 3 aromatic rings.